The van der Waals surface area contributed by atoms with Crippen LogP contribution >= 0.6 is 0 Å². The minimum atomic E-state index is -0.688. The molecule has 1 aliphatic heterocycles. The first-order valence-corrected chi connectivity index (χ1v) is 6.13. The Labute approximate surface area is 101 Å². The number of carboxylic acids is 1. The Morgan fingerprint density at radius 3 is 3.00 bits per heavy atom. The monoisotopic (exact) mass is 237 g/mol. The van der Waals surface area contributed by atoms with Crippen molar-refractivity contribution < 1.29 is 9.90 Å². The SMILES string of the molecule is Cc1nccn1CCN1CCCCC1C(=O)O. The van der Waals surface area contributed by atoms with E-state index >= 15 is 0 Å². The Morgan fingerprint density at radius 2 is 2.35 bits per heavy atom. The summed E-state index contributed by atoms with van der Waals surface area (Å²) < 4.78 is 2.06. The van der Waals surface area contributed by atoms with Gasteiger partial charge in [0.15, 0.2) is 0 Å². The van der Waals surface area contributed by atoms with Crippen LogP contribution in [0.5, 0.6) is 0 Å². The maximum atomic E-state index is 11.1. The number of carboxylic acid groups (broad SMARTS) is 1. The summed E-state index contributed by atoms with van der Waals surface area (Å²) in [7, 11) is 0. The van der Waals surface area contributed by atoms with E-state index in [4.69, 9.17) is 5.11 Å². The van der Waals surface area contributed by atoms with Crippen molar-refractivity contribution in [3.63, 3.8) is 0 Å². The Kier molecular flexibility index (Phi) is 3.78. The van der Waals surface area contributed by atoms with Crippen molar-refractivity contribution in [3.8, 4) is 0 Å². The molecule has 0 spiro atoms. The number of hydrogen-bond acceptors (Lipinski definition) is 3. The van der Waals surface area contributed by atoms with E-state index in [2.05, 4.69) is 14.5 Å². The lowest BCUT2D eigenvalue weighted by Gasteiger charge is -2.32. The number of piperidine rings is 1. The molecule has 1 N–H and O–H groups in total. The number of likely N-dealkylation sites (tertiary alicyclic amines) is 1. The number of aryl methyl sites for hydroxylation is 1. The van der Waals surface area contributed by atoms with Crippen LogP contribution in [0, 0.1) is 6.92 Å². The fourth-order valence-electron chi connectivity index (χ4n) is 2.41. The van der Waals surface area contributed by atoms with Crippen LogP contribution in [-0.2, 0) is 11.3 Å². The number of carbonyl (C=O) groups is 1. The predicted octanol–water partition coefficient (Wildman–Crippen LogP) is 1.13. The van der Waals surface area contributed by atoms with Crippen LogP contribution in [0.2, 0.25) is 0 Å². The topological polar surface area (TPSA) is 58.4 Å². The first-order valence-electron chi connectivity index (χ1n) is 6.13. The zero-order valence-corrected chi connectivity index (χ0v) is 10.2. The van der Waals surface area contributed by atoms with Gasteiger partial charge in [0, 0.05) is 25.5 Å². The van der Waals surface area contributed by atoms with E-state index in [9.17, 15) is 4.79 Å². The average Bonchev–Trinajstić information content (AvgIpc) is 2.72. The van der Waals surface area contributed by atoms with Gasteiger partial charge in [-0.3, -0.25) is 9.69 Å². The molecule has 2 heterocycles. The summed E-state index contributed by atoms with van der Waals surface area (Å²) in [5.74, 6) is 0.293. The fourth-order valence-corrected chi connectivity index (χ4v) is 2.41. The summed E-state index contributed by atoms with van der Waals surface area (Å²) in [6.45, 7) is 4.46. The third-order valence-corrected chi connectivity index (χ3v) is 3.45. The minimum absolute atomic E-state index is 0.299. The lowest BCUT2D eigenvalue weighted by molar-refractivity contribution is -0.144. The number of rotatable bonds is 4. The molecule has 2 rings (SSSR count). The highest BCUT2D eigenvalue weighted by atomic mass is 16.4. The van der Waals surface area contributed by atoms with Gasteiger partial charge in [0.2, 0.25) is 0 Å². The smallest absolute Gasteiger partial charge is 0.320 e. The second-order valence-corrected chi connectivity index (χ2v) is 4.55. The van der Waals surface area contributed by atoms with Gasteiger partial charge < -0.3 is 9.67 Å². The molecule has 0 aromatic carbocycles. The van der Waals surface area contributed by atoms with E-state index in [1.54, 1.807) is 6.20 Å². The van der Waals surface area contributed by atoms with Gasteiger partial charge >= 0.3 is 5.97 Å². The summed E-state index contributed by atoms with van der Waals surface area (Å²) in [5, 5.41) is 9.16. The summed E-state index contributed by atoms with van der Waals surface area (Å²) in [6.07, 6.45) is 6.62. The Bertz CT molecular complexity index is 389. The molecule has 94 valence electrons. The summed E-state index contributed by atoms with van der Waals surface area (Å²) >= 11 is 0. The van der Waals surface area contributed by atoms with Gasteiger partial charge in [-0.1, -0.05) is 6.42 Å². The first-order chi connectivity index (χ1) is 8.18. The minimum Gasteiger partial charge on any atom is -0.480 e. The van der Waals surface area contributed by atoms with Crippen LogP contribution in [0.1, 0.15) is 25.1 Å². The molecule has 1 saturated heterocycles. The summed E-state index contributed by atoms with van der Waals surface area (Å²) in [6, 6.07) is -0.299. The highest BCUT2D eigenvalue weighted by Crippen LogP contribution is 2.17. The average molecular weight is 237 g/mol. The lowest BCUT2D eigenvalue weighted by Crippen LogP contribution is -2.45. The van der Waals surface area contributed by atoms with E-state index < -0.39 is 5.97 Å². The van der Waals surface area contributed by atoms with Gasteiger partial charge in [0.05, 0.1) is 0 Å². The lowest BCUT2D eigenvalue weighted by atomic mass is 10.0. The predicted molar refractivity (Wildman–Crippen MR) is 63.8 cm³/mol. The molecule has 5 nitrogen and oxygen atoms in total. The molecule has 1 aliphatic rings. The molecule has 0 amide bonds. The normalized spacial score (nSPS) is 21.6. The second kappa shape index (κ2) is 5.31. The molecule has 0 saturated carbocycles. The van der Waals surface area contributed by atoms with E-state index in [-0.39, 0.29) is 6.04 Å². The maximum absolute atomic E-state index is 11.1. The number of aromatic nitrogens is 2. The van der Waals surface area contributed by atoms with Crippen LogP contribution in [0.3, 0.4) is 0 Å². The van der Waals surface area contributed by atoms with E-state index in [0.717, 1.165) is 44.7 Å². The van der Waals surface area contributed by atoms with Gasteiger partial charge in [-0.05, 0) is 26.3 Å². The van der Waals surface area contributed by atoms with Crippen LogP contribution < -0.4 is 0 Å². The third kappa shape index (κ3) is 2.85. The standard InChI is InChI=1S/C12H19N3O2/c1-10-13-5-7-14(10)8-9-15-6-3-2-4-11(15)12(16)17/h5,7,11H,2-4,6,8-9H2,1H3,(H,16,17). The van der Waals surface area contributed by atoms with Crippen LogP contribution in [0.4, 0.5) is 0 Å². The fraction of sp³-hybridized carbons (Fsp3) is 0.667. The number of aliphatic carboxylic acids is 1. The van der Waals surface area contributed by atoms with Crippen molar-refractivity contribution in [1.82, 2.24) is 14.5 Å². The zero-order chi connectivity index (χ0) is 12.3. The Hall–Kier alpha value is -1.36. The number of hydrogen-bond donors (Lipinski definition) is 1. The van der Waals surface area contributed by atoms with Crippen LogP contribution in [-0.4, -0.2) is 44.7 Å². The quantitative estimate of drug-likeness (QED) is 0.853. The molecule has 5 heteroatoms. The molecule has 1 aromatic heterocycles. The molecule has 1 atom stereocenters. The Balaban J connectivity index is 1.92. The van der Waals surface area contributed by atoms with E-state index in [1.807, 2.05) is 13.1 Å². The van der Waals surface area contributed by atoms with Gasteiger partial charge in [-0.25, -0.2) is 4.98 Å². The first kappa shape index (κ1) is 12.1. The van der Waals surface area contributed by atoms with Crippen LogP contribution in [0.25, 0.3) is 0 Å². The molecule has 17 heavy (non-hydrogen) atoms. The van der Waals surface area contributed by atoms with Crippen molar-refractivity contribution >= 4 is 5.97 Å². The molecule has 0 bridgehead atoms. The van der Waals surface area contributed by atoms with Gasteiger partial charge in [-0.15, -0.1) is 0 Å². The molecular weight excluding hydrogens is 218 g/mol. The number of imidazole rings is 1. The van der Waals surface area contributed by atoms with Gasteiger partial charge in [-0.2, -0.15) is 0 Å². The van der Waals surface area contributed by atoms with E-state index in [0.29, 0.717) is 0 Å². The van der Waals surface area contributed by atoms with Crippen molar-refractivity contribution in [2.75, 3.05) is 13.1 Å². The molecular formula is C12H19N3O2. The Morgan fingerprint density at radius 1 is 1.53 bits per heavy atom. The largest absolute Gasteiger partial charge is 0.480 e. The van der Waals surface area contributed by atoms with Crippen molar-refractivity contribution in [1.29, 1.82) is 0 Å². The van der Waals surface area contributed by atoms with Crippen molar-refractivity contribution in [2.45, 2.75) is 38.8 Å². The second-order valence-electron chi connectivity index (χ2n) is 4.55. The van der Waals surface area contributed by atoms with E-state index in [1.165, 1.54) is 0 Å². The molecule has 0 radical (unpaired) electrons. The van der Waals surface area contributed by atoms with Crippen molar-refractivity contribution in [2.24, 2.45) is 0 Å². The highest BCUT2D eigenvalue weighted by Gasteiger charge is 2.27. The zero-order valence-electron chi connectivity index (χ0n) is 10.2. The molecule has 1 aromatic rings. The van der Waals surface area contributed by atoms with Crippen molar-refractivity contribution in [3.05, 3.63) is 18.2 Å². The van der Waals surface area contributed by atoms with Crippen LogP contribution in [0.15, 0.2) is 12.4 Å². The number of nitrogens with zero attached hydrogens (tertiary/aromatic N) is 3. The highest BCUT2D eigenvalue weighted by molar-refractivity contribution is 5.73. The summed E-state index contributed by atoms with van der Waals surface area (Å²) in [5.41, 5.74) is 0. The van der Waals surface area contributed by atoms with Gasteiger partial charge in [0.25, 0.3) is 0 Å². The maximum Gasteiger partial charge on any atom is 0.320 e. The molecule has 0 aliphatic carbocycles. The van der Waals surface area contributed by atoms with Gasteiger partial charge in [0.1, 0.15) is 11.9 Å². The molecule has 1 fully saturated rings. The summed E-state index contributed by atoms with van der Waals surface area (Å²) in [4.78, 5) is 17.4. The molecule has 1 unspecified atom stereocenters. The third-order valence-electron chi connectivity index (χ3n) is 3.45.